The molecule has 0 unspecified atom stereocenters. The van der Waals surface area contributed by atoms with E-state index in [9.17, 15) is 0 Å². The van der Waals surface area contributed by atoms with E-state index in [0.717, 1.165) is 42.8 Å². The van der Waals surface area contributed by atoms with Gasteiger partial charge in [-0.25, -0.2) is 4.98 Å². The largest absolute Gasteiger partial charge is 0.381 e. The van der Waals surface area contributed by atoms with E-state index in [1.165, 1.54) is 11.5 Å². The van der Waals surface area contributed by atoms with Gasteiger partial charge in [0.15, 0.2) is 5.82 Å². The lowest BCUT2D eigenvalue weighted by atomic mass is 9.91. The predicted octanol–water partition coefficient (Wildman–Crippen LogP) is 3.92. The van der Waals surface area contributed by atoms with Gasteiger partial charge in [0.2, 0.25) is 11.0 Å². The Morgan fingerprint density at radius 2 is 1.88 bits per heavy atom. The lowest BCUT2D eigenvalue weighted by molar-refractivity contribution is 0.0571. The average molecular weight is 366 g/mol. The average Bonchev–Trinajstić information content (AvgIpc) is 3.22. The molecule has 2 aromatic heterocycles. The summed E-state index contributed by atoms with van der Waals surface area (Å²) in [7, 11) is 0. The van der Waals surface area contributed by atoms with Crippen molar-refractivity contribution in [2.24, 2.45) is 5.92 Å². The minimum Gasteiger partial charge on any atom is -0.381 e. The van der Waals surface area contributed by atoms with Crippen LogP contribution in [0.25, 0.3) is 0 Å². The summed E-state index contributed by atoms with van der Waals surface area (Å²) in [5, 5.41) is 8.43. The quantitative estimate of drug-likeness (QED) is 0.859. The Labute approximate surface area is 152 Å². The molecule has 2 aromatic rings. The van der Waals surface area contributed by atoms with E-state index in [4.69, 9.17) is 9.26 Å². The molecule has 0 aromatic carbocycles. The lowest BCUT2D eigenvalue weighted by Gasteiger charge is -2.28. The normalized spacial score (nSPS) is 17.8. The molecule has 8 heteroatoms. The summed E-state index contributed by atoms with van der Waals surface area (Å²) in [6.07, 6.45) is 1.92. The van der Waals surface area contributed by atoms with Crippen LogP contribution in [0.5, 0.6) is 0 Å². The number of hydrogen-bond acceptors (Lipinski definition) is 8. The van der Waals surface area contributed by atoms with E-state index >= 15 is 0 Å². The molecule has 25 heavy (non-hydrogen) atoms. The van der Waals surface area contributed by atoms with Crippen LogP contribution in [0.2, 0.25) is 0 Å². The summed E-state index contributed by atoms with van der Waals surface area (Å²) in [6.45, 7) is 12.0. The van der Waals surface area contributed by atoms with E-state index in [1.807, 2.05) is 0 Å². The third kappa shape index (κ3) is 4.36. The first-order chi connectivity index (χ1) is 11.8. The number of nitrogens with zero attached hydrogens (tertiary/aromatic N) is 4. The number of rotatable bonds is 5. The molecule has 0 radical (unpaired) electrons. The summed E-state index contributed by atoms with van der Waals surface area (Å²) in [5.41, 5.74) is -0.0695. The Hall–Kier alpha value is -1.54. The van der Waals surface area contributed by atoms with Gasteiger partial charge in [0, 0.05) is 36.1 Å². The summed E-state index contributed by atoms with van der Waals surface area (Å²) in [5.74, 6) is 2.82. The molecule has 0 aliphatic carbocycles. The topological polar surface area (TPSA) is 86.0 Å². The zero-order valence-electron chi connectivity index (χ0n) is 15.6. The van der Waals surface area contributed by atoms with Crippen molar-refractivity contribution in [1.29, 1.82) is 0 Å². The van der Waals surface area contributed by atoms with Crippen molar-refractivity contribution in [3.8, 4) is 0 Å². The fraction of sp³-hybridized carbons (Fsp3) is 0.765. The highest BCUT2D eigenvalue weighted by Gasteiger charge is 2.31. The van der Waals surface area contributed by atoms with E-state index in [0.29, 0.717) is 11.8 Å². The van der Waals surface area contributed by atoms with Crippen LogP contribution >= 0.6 is 11.5 Å². The first-order valence-corrected chi connectivity index (χ1v) is 9.64. The molecule has 1 aliphatic heterocycles. The first-order valence-electron chi connectivity index (χ1n) is 8.86. The highest BCUT2D eigenvalue weighted by atomic mass is 32.1. The van der Waals surface area contributed by atoms with Crippen molar-refractivity contribution in [3.05, 3.63) is 17.5 Å². The molecule has 1 N–H and O–H groups in total. The van der Waals surface area contributed by atoms with Crippen molar-refractivity contribution in [2.45, 2.75) is 64.8 Å². The zero-order chi connectivity index (χ0) is 18.0. The number of aromatic nitrogens is 4. The van der Waals surface area contributed by atoms with Crippen LogP contribution in [0.4, 0.5) is 5.13 Å². The molecule has 0 saturated carbocycles. The van der Waals surface area contributed by atoms with Crippen molar-refractivity contribution in [3.63, 3.8) is 0 Å². The van der Waals surface area contributed by atoms with E-state index in [-0.39, 0.29) is 17.4 Å². The van der Waals surface area contributed by atoms with Crippen molar-refractivity contribution in [2.75, 3.05) is 18.5 Å². The molecular formula is C17H27N5O2S. The SMILES string of the molecule is CC(C)c1noc([C@@H](Nc2nc(C(C)(C)C)ns2)C2CCOCC2)n1. The predicted molar refractivity (Wildman–Crippen MR) is 96.9 cm³/mol. The smallest absolute Gasteiger partial charge is 0.249 e. The molecule has 3 rings (SSSR count). The maximum absolute atomic E-state index is 5.58. The fourth-order valence-electron chi connectivity index (χ4n) is 2.76. The summed E-state index contributed by atoms with van der Waals surface area (Å²) in [6, 6.07) is -0.0651. The monoisotopic (exact) mass is 365 g/mol. The Kier molecular flexibility index (Phi) is 5.38. The standard InChI is InChI=1S/C17H27N5O2S/c1-10(2)13-19-14(24-21-13)12(11-6-8-23-9-7-11)18-16-20-15(22-25-16)17(3,4)5/h10-12H,6-9H2,1-5H3,(H,18,20,22)/t12-/m0/s1. The molecular weight excluding hydrogens is 338 g/mol. The van der Waals surface area contributed by atoms with Crippen LogP contribution in [-0.2, 0) is 10.2 Å². The van der Waals surface area contributed by atoms with E-state index in [2.05, 4.69) is 59.4 Å². The van der Waals surface area contributed by atoms with Gasteiger partial charge in [-0.15, -0.1) is 0 Å². The number of hydrogen-bond donors (Lipinski definition) is 1. The molecule has 0 amide bonds. The van der Waals surface area contributed by atoms with Gasteiger partial charge in [-0.3, -0.25) is 0 Å². The number of nitrogens with one attached hydrogen (secondary N) is 1. The maximum atomic E-state index is 5.58. The maximum Gasteiger partial charge on any atom is 0.249 e. The van der Waals surface area contributed by atoms with Gasteiger partial charge >= 0.3 is 0 Å². The molecule has 7 nitrogen and oxygen atoms in total. The van der Waals surface area contributed by atoms with Crippen molar-refractivity contribution >= 4 is 16.7 Å². The third-order valence-electron chi connectivity index (χ3n) is 4.35. The van der Waals surface area contributed by atoms with Gasteiger partial charge in [0.25, 0.3) is 0 Å². The highest BCUT2D eigenvalue weighted by Crippen LogP contribution is 2.34. The fourth-order valence-corrected chi connectivity index (χ4v) is 3.55. The lowest BCUT2D eigenvalue weighted by Crippen LogP contribution is -2.27. The van der Waals surface area contributed by atoms with Gasteiger partial charge in [0.1, 0.15) is 11.9 Å². The van der Waals surface area contributed by atoms with E-state index in [1.54, 1.807) is 0 Å². The first kappa shape index (κ1) is 18.3. The second-order valence-electron chi connectivity index (χ2n) is 7.89. The van der Waals surface area contributed by atoms with Gasteiger partial charge in [0.05, 0.1) is 0 Å². The molecule has 1 fully saturated rings. The Morgan fingerprint density at radius 3 is 2.44 bits per heavy atom. The van der Waals surface area contributed by atoms with Crippen molar-refractivity contribution in [1.82, 2.24) is 19.5 Å². The van der Waals surface area contributed by atoms with Crippen LogP contribution in [0.15, 0.2) is 4.52 Å². The summed E-state index contributed by atoms with van der Waals surface area (Å²) >= 11 is 1.38. The van der Waals surface area contributed by atoms with Crippen LogP contribution in [0.3, 0.4) is 0 Å². The Bertz CT molecular complexity index is 685. The molecule has 1 saturated heterocycles. The minimum absolute atomic E-state index is 0.0651. The second kappa shape index (κ2) is 7.37. The summed E-state index contributed by atoms with van der Waals surface area (Å²) in [4.78, 5) is 9.27. The second-order valence-corrected chi connectivity index (χ2v) is 8.64. The number of ether oxygens (including phenoxy) is 1. The van der Waals surface area contributed by atoms with Gasteiger partial charge in [-0.2, -0.15) is 9.36 Å². The molecule has 1 aliphatic rings. The van der Waals surface area contributed by atoms with Gasteiger partial charge in [-0.1, -0.05) is 39.8 Å². The molecule has 0 spiro atoms. The van der Waals surface area contributed by atoms with Crippen LogP contribution < -0.4 is 5.32 Å². The summed E-state index contributed by atoms with van der Waals surface area (Å²) < 4.78 is 15.6. The Morgan fingerprint density at radius 1 is 1.16 bits per heavy atom. The van der Waals surface area contributed by atoms with Gasteiger partial charge in [-0.05, 0) is 18.8 Å². The van der Waals surface area contributed by atoms with E-state index < -0.39 is 0 Å². The zero-order valence-corrected chi connectivity index (χ0v) is 16.4. The third-order valence-corrected chi connectivity index (χ3v) is 5.00. The Balaban J connectivity index is 1.84. The molecule has 0 bridgehead atoms. The molecule has 3 heterocycles. The minimum atomic E-state index is -0.0695. The van der Waals surface area contributed by atoms with Crippen molar-refractivity contribution < 1.29 is 9.26 Å². The highest BCUT2D eigenvalue weighted by molar-refractivity contribution is 7.09. The van der Waals surface area contributed by atoms with Crippen LogP contribution in [-0.4, -0.2) is 32.7 Å². The number of anilines is 1. The van der Waals surface area contributed by atoms with Crippen LogP contribution in [0.1, 0.15) is 77.0 Å². The van der Waals surface area contributed by atoms with Gasteiger partial charge < -0.3 is 14.6 Å². The van der Waals surface area contributed by atoms with Crippen LogP contribution in [0, 0.1) is 5.92 Å². The molecule has 138 valence electrons. The molecule has 1 atom stereocenters.